The molecule has 39 heavy (non-hydrogen) atoms. The predicted molar refractivity (Wildman–Crippen MR) is 153 cm³/mol. The lowest BCUT2D eigenvalue weighted by Gasteiger charge is -2.35. The zero-order valence-corrected chi connectivity index (χ0v) is 24.8. The van der Waals surface area contributed by atoms with E-state index in [0.29, 0.717) is 22.7 Å². The number of ether oxygens (including phenoxy) is 1. The highest BCUT2D eigenvalue weighted by Crippen LogP contribution is 2.32. The van der Waals surface area contributed by atoms with Crippen LogP contribution in [0.4, 0.5) is 10.5 Å². The number of carbonyl (C=O) groups is 3. The summed E-state index contributed by atoms with van der Waals surface area (Å²) in [6, 6.07) is 10.7. The third-order valence-electron chi connectivity index (χ3n) is 6.52. The third-order valence-corrected chi connectivity index (χ3v) is 6.84. The number of nitrogens with zero attached hydrogens (tertiary/aromatic N) is 2. The number of anilines is 1. The minimum Gasteiger partial charge on any atom is -0.444 e. The topological polar surface area (TPSA) is 112 Å². The molecule has 0 bridgehead atoms. The van der Waals surface area contributed by atoms with Crippen LogP contribution in [0.25, 0.3) is 0 Å². The van der Waals surface area contributed by atoms with Crippen molar-refractivity contribution < 1.29 is 19.1 Å². The molecule has 0 radical (unpaired) electrons. The van der Waals surface area contributed by atoms with E-state index in [1.165, 1.54) is 4.90 Å². The van der Waals surface area contributed by atoms with Crippen molar-refractivity contribution in [1.29, 1.82) is 5.26 Å². The molecule has 0 saturated carbocycles. The average Bonchev–Trinajstić information content (AvgIpc) is 2.84. The number of benzene rings is 2. The van der Waals surface area contributed by atoms with E-state index in [9.17, 15) is 19.6 Å². The molecule has 0 spiro atoms. The number of rotatable bonds is 9. The zero-order valence-electron chi connectivity index (χ0n) is 24.0. The number of hydrogen-bond acceptors (Lipinski definition) is 5. The Morgan fingerprint density at radius 1 is 1.05 bits per heavy atom. The maximum absolute atomic E-state index is 14.2. The summed E-state index contributed by atoms with van der Waals surface area (Å²) in [5, 5.41) is 15.7. The number of aryl methyl sites for hydroxylation is 3. The van der Waals surface area contributed by atoms with Gasteiger partial charge in [0.25, 0.3) is 5.91 Å². The second kappa shape index (κ2) is 13.5. The molecular weight excluding hydrogens is 516 g/mol. The molecule has 2 aromatic rings. The number of halogens is 1. The van der Waals surface area contributed by atoms with Gasteiger partial charge in [0.05, 0.1) is 16.8 Å². The van der Waals surface area contributed by atoms with E-state index in [4.69, 9.17) is 16.3 Å². The normalized spacial score (nSPS) is 13.4. The minimum atomic E-state index is -1.17. The smallest absolute Gasteiger partial charge is 0.408 e. The Morgan fingerprint density at radius 2 is 1.62 bits per heavy atom. The van der Waals surface area contributed by atoms with Gasteiger partial charge in [-0.05, 0) is 75.8 Å². The molecule has 9 heteroatoms. The van der Waals surface area contributed by atoms with Crippen molar-refractivity contribution in [3.63, 3.8) is 0 Å². The Hall–Kier alpha value is -3.57. The highest BCUT2D eigenvalue weighted by Gasteiger charge is 2.39. The molecule has 2 N–H and O–H groups in total. The SMILES string of the molecule is CCC(C)C(NC(=O)OC(C)(C)C)C(=O)N(CC#N)C(C(=O)Nc1c(C)cccc1Cl)c1c(C)cccc1C. The van der Waals surface area contributed by atoms with Crippen molar-refractivity contribution >= 4 is 35.2 Å². The Bertz CT molecular complexity index is 1210. The molecule has 0 aliphatic rings. The van der Waals surface area contributed by atoms with E-state index in [1.807, 2.05) is 65.0 Å². The van der Waals surface area contributed by atoms with E-state index >= 15 is 0 Å². The second-order valence-electron chi connectivity index (χ2n) is 10.8. The minimum absolute atomic E-state index is 0.307. The average molecular weight is 555 g/mol. The highest BCUT2D eigenvalue weighted by molar-refractivity contribution is 6.34. The summed E-state index contributed by atoms with van der Waals surface area (Å²) < 4.78 is 5.41. The van der Waals surface area contributed by atoms with E-state index in [2.05, 4.69) is 10.6 Å². The van der Waals surface area contributed by atoms with Gasteiger partial charge in [0, 0.05) is 0 Å². The van der Waals surface area contributed by atoms with Gasteiger partial charge in [0.1, 0.15) is 24.2 Å². The summed E-state index contributed by atoms with van der Waals surface area (Å²) in [5.41, 5.74) is 2.56. The van der Waals surface area contributed by atoms with Crippen LogP contribution in [0.1, 0.15) is 69.3 Å². The number of nitrogens with one attached hydrogen (secondary N) is 2. The number of carbonyl (C=O) groups excluding carboxylic acids is 3. The van der Waals surface area contributed by atoms with Gasteiger partial charge in [-0.1, -0.05) is 62.2 Å². The second-order valence-corrected chi connectivity index (χ2v) is 11.2. The zero-order chi connectivity index (χ0) is 29.5. The quantitative estimate of drug-likeness (QED) is 0.356. The monoisotopic (exact) mass is 554 g/mol. The van der Waals surface area contributed by atoms with E-state index in [0.717, 1.165) is 16.7 Å². The van der Waals surface area contributed by atoms with Gasteiger partial charge in [-0.2, -0.15) is 5.26 Å². The fourth-order valence-electron chi connectivity index (χ4n) is 4.34. The van der Waals surface area contributed by atoms with Crippen LogP contribution in [-0.4, -0.2) is 41.0 Å². The van der Waals surface area contributed by atoms with Gasteiger partial charge in [-0.25, -0.2) is 4.79 Å². The van der Waals surface area contributed by atoms with E-state index < -0.39 is 35.6 Å². The molecule has 3 unspecified atom stereocenters. The number of nitriles is 1. The Morgan fingerprint density at radius 3 is 2.13 bits per heavy atom. The van der Waals surface area contributed by atoms with Crippen LogP contribution < -0.4 is 10.6 Å². The van der Waals surface area contributed by atoms with Crippen LogP contribution in [0.2, 0.25) is 5.02 Å². The van der Waals surface area contributed by atoms with Gasteiger partial charge in [-0.15, -0.1) is 0 Å². The number of hydrogen-bond donors (Lipinski definition) is 2. The third kappa shape index (κ3) is 8.21. The van der Waals surface area contributed by atoms with Crippen LogP contribution in [-0.2, 0) is 14.3 Å². The Kier molecular flexibility index (Phi) is 10.9. The number of para-hydroxylation sites is 1. The molecule has 2 rings (SSSR count). The number of alkyl carbamates (subject to hydrolysis) is 1. The lowest BCUT2D eigenvalue weighted by molar-refractivity contribution is -0.141. The molecular formula is C30H39ClN4O4. The first kappa shape index (κ1) is 31.6. The summed E-state index contributed by atoms with van der Waals surface area (Å²) in [6.45, 7) is 14.0. The fraction of sp³-hybridized carbons (Fsp3) is 0.467. The standard InChI is InChI=1S/C30H39ClN4O4/c1-9-18(2)25(34-29(38)39-30(6,7)8)28(37)35(17-16-32)26(23-19(3)12-10-13-20(23)4)27(36)33-24-21(5)14-11-15-22(24)31/h10-15,18,25-26H,9,17H2,1-8H3,(H,33,36)(H,34,38). The lowest BCUT2D eigenvalue weighted by atomic mass is 9.92. The van der Waals surface area contributed by atoms with Crippen LogP contribution in [0.3, 0.4) is 0 Å². The summed E-state index contributed by atoms with van der Waals surface area (Å²) >= 11 is 6.40. The van der Waals surface area contributed by atoms with Crippen LogP contribution in [0.5, 0.6) is 0 Å². The molecule has 3 atom stereocenters. The van der Waals surface area contributed by atoms with Crippen molar-refractivity contribution in [2.75, 3.05) is 11.9 Å². The first-order valence-corrected chi connectivity index (χ1v) is 13.4. The summed E-state index contributed by atoms with van der Waals surface area (Å²) in [5.74, 6) is -1.39. The van der Waals surface area contributed by atoms with Crippen molar-refractivity contribution in [2.24, 2.45) is 5.92 Å². The van der Waals surface area contributed by atoms with Gasteiger partial charge >= 0.3 is 6.09 Å². The van der Waals surface area contributed by atoms with Crippen LogP contribution in [0.15, 0.2) is 36.4 Å². The van der Waals surface area contributed by atoms with E-state index in [-0.39, 0.29) is 12.5 Å². The summed E-state index contributed by atoms with van der Waals surface area (Å²) in [6.07, 6.45) is -0.191. The molecule has 210 valence electrons. The van der Waals surface area contributed by atoms with Crippen LogP contribution in [0, 0.1) is 38.0 Å². The van der Waals surface area contributed by atoms with E-state index in [1.54, 1.807) is 32.9 Å². The first-order chi connectivity index (χ1) is 18.2. The summed E-state index contributed by atoms with van der Waals surface area (Å²) in [4.78, 5) is 42.1. The largest absolute Gasteiger partial charge is 0.444 e. The molecule has 0 aromatic heterocycles. The fourth-order valence-corrected chi connectivity index (χ4v) is 4.61. The molecule has 0 saturated heterocycles. The first-order valence-electron chi connectivity index (χ1n) is 13.0. The molecule has 8 nitrogen and oxygen atoms in total. The van der Waals surface area contributed by atoms with Crippen LogP contribution >= 0.6 is 11.6 Å². The molecule has 0 aliphatic heterocycles. The van der Waals surface area contributed by atoms with Gasteiger partial charge < -0.3 is 20.3 Å². The molecule has 2 aromatic carbocycles. The highest BCUT2D eigenvalue weighted by atomic mass is 35.5. The predicted octanol–water partition coefficient (Wildman–Crippen LogP) is 6.24. The van der Waals surface area contributed by atoms with Gasteiger partial charge in [0.15, 0.2) is 0 Å². The Labute approximate surface area is 236 Å². The molecule has 0 heterocycles. The summed E-state index contributed by atoms with van der Waals surface area (Å²) in [7, 11) is 0. The molecule has 0 fully saturated rings. The maximum atomic E-state index is 14.2. The van der Waals surface area contributed by atoms with Crippen molar-refractivity contribution in [3.05, 3.63) is 63.7 Å². The molecule has 3 amide bonds. The van der Waals surface area contributed by atoms with Gasteiger partial charge in [-0.3, -0.25) is 9.59 Å². The lowest BCUT2D eigenvalue weighted by Crippen LogP contribution is -2.55. The molecule has 0 aliphatic carbocycles. The van der Waals surface area contributed by atoms with Crippen molar-refractivity contribution in [1.82, 2.24) is 10.2 Å². The van der Waals surface area contributed by atoms with Crippen molar-refractivity contribution in [2.45, 2.75) is 79.5 Å². The Balaban J connectivity index is 2.65. The van der Waals surface area contributed by atoms with Crippen molar-refractivity contribution in [3.8, 4) is 6.07 Å². The maximum Gasteiger partial charge on any atom is 0.408 e. The number of amides is 3. The van der Waals surface area contributed by atoms with Gasteiger partial charge in [0.2, 0.25) is 5.91 Å².